The summed E-state index contributed by atoms with van der Waals surface area (Å²) in [5, 5.41) is 0. The molecule has 39 heavy (non-hydrogen) atoms. The number of ether oxygens (including phenoxy) is 3. The van der Waals surface area contributed by atoms with Crippen LogP contribution in [0.2, 0.25) is 0 Å². The molecule has 204 valence electrons. The molecular weight excluding hydrogens is 501 g/mol. The molecule has 3 aromatic carbocycles. The summed E-state index contributed by atoms with van der Waals surface area (Å²) in [4.78, 5) is 33.3. The minimum absolute atomic E-state index is 0.171. The van der Waals surface area contributed by atoms with Gasteiger partial charge in [-0.25, -0.2) is 4.39 Å². The number of rotatable bonds is 6. The molecule has 2 aliphatic heterocycles. The second kappa shape index (κ2) is 10.8. The first-order valence-corrected chi connectivity index (χ1v) is 12.8. The number of nitrogens with zero attached hydrogens (tertiary/aromatic N) is 3. The molecule has 2 aliphatic rings. The smallest absolute Gasteiger partial charge is 0.254 e. The summed E-state index contributed by atoms with van der Waals surface area (Å²) in [6.45, 7) is 2.16. The molecule has 0 saturated carbocycles. The fourth-order valence-electron chi connectivity index (χ4n) is 5.67. The number of benzene rings is 3. The second-order valence-electron chi connectivity index (χ2n) is 9.64. The van der Waals surface area contributed by atoms with Crippen molar-refractivity contribution in [3.8, 4) is 17.2 Å². The maximum absolute atomic E-state index is 15.2. The van der Waals surface area contributed by atoms with Gasteiger partial charge >= 0.3 is 0 Å². The number of piperazine rings is 1. The van der Waals surface area contributed by atoms with Gasteiger partial charge in [-0.15, -0.1) is 0 Å². The largest absolute Gasteiger partial charge is 0.495 e. The molecule has 0 N–H and O–H groups in total. The van der Waals surface area contributed by atoms with E-state index in [1.54, 1.807) is 49.4 Å². The van der Waals surface area contributed by atoms with Crippen molar-refractivity contribution in [2.45, 2.75) is 12.0 Å². The molecular formula is C30H32FN3O5. The number of likely N-dealkylation sites (N-methyl/N-ethyl adjacent to an activating group) is 1. The van der Waals surface area contributed by atoms with Gasteiger partial charge in [0.05, 0.1) is 39.0 Å². The quantitative estimate of drug-likeness (QED) is 0.475. The zero-order valence-electron chi connectivity index (χ0n) is 22.5. The Morgan fingerprint density at radius 2 is 1.44 bits per heavy atom. The molecule has 0 aliphatic carbocycles. The number of carbonyl (C=O) groups excluding carboxylic acids is 2. The maximum atomic E-state index is 15.2. The summed E-state index contributed by atoms with van der Waals surface area (Å²) < 4.78 is 31.7. The Bertz CT molecular complexity index is 1390. The number of carbonyl (C=O) groups is 2. The Kier molecular flexibility index (Phi) is 7.32. The molecule has 3 aromatic rings. The molecule has 0 spiro atoms. The van der Waals surface area contributed by atoms with E-state index in [9.17, 15) is 9.59 Å². The van der Waals surface area contributed by atoms with Crippen LogP contribution >= 0.6 is 0 Å². The van der Waals surface area contributed by atoms with Crippen LogP contribution < -0.4 is 19.1 Å². The topological polar surface area (TPSA) is 71.6 Å². The van der Waals surface area contributed by atoms with E-state index in [-0.39, 0.29) is 11.8 Å². The molecule has 2 heterocycles. The molecule has 5 rings (SSSR count). The Morgan fingerprint density at radius 3 is 2.10 bits per heavy atom. The zero-order chi connectivity index (χ0) is 27.7. The number of anilines is 1. The van der Waals surface area contributed by atoms with Gasteiger partial charge in [0.1, 0.15) is 11.6 Å². The van der Waals surface area contributed by atoms with Gasteiger partial charge in [0.2, 0.25) is 5.91 Å². The minimum Gasteiger partial charge on any atom is -0.495 e. The fourth-order valence-corrected chi connectivity index (χ4v) is 5.67. The summed E-state index contributed by atoms with van der Waals surface area (Å²) in [5.41, 5.74) is 2.11. The number of hydrogen-bond acceptors (Lipinski definition) is 6. The third-order valence-corrected chi connectivity index (χ3v) is 7.68. The van der Waals surface area contributed by atoms with Gasteiger partial charge in [0.15, 0.2) is 11.5 Å². The molecule has 0 unspecified atom stereocenters. The predicted octanol–water partition coefficient (Wildman–Crippen LogP) is 4.11. The van der Waals surface area contributed by atoms with E-state index in [1.807, 2.05) is 24.3 Å². The molecule has 1 fully saturated rings. The molecule has 0 bridgehead atoms. The van der Waals surface area contributed by atoms with Crippen molar-refractivity contribution in [1.29, 1.82) is 0 Å². The van der Waals surface area contributed by atoms with Gasteiger partial charge in [-0.1, -0.05) is 30.3 Å². The summed E-state index contributed by atoms with van der Waals surface area (Å²) >= 11 is 0. The maximum Gasteiger partial charge on any atom is 0.254 e. The molecule has 2 atom stereocenters. The van der Waals surface area contributed by atoms with Crippen molar-refractivity contribution in [3.63, 3.8) is 0 Å². The van der Waals surface area contributed by atoms with Crippen LogP contribution in [-0.4, -0.2) is 76.2 Å². The average Bonchev–Trinajstić information content (AvgIpc) is 2.98. The normalized spacial score (nSPS) is 19.0. The lowest BCUT2D eigenvalue weighted by Crippen LogP contribution is -2.53. The van der Waals surface area contributed by atoms with Gasteiger partial charge in [-0.2, -0.15) is 0 Å². The third kappa shape index (κ3) is 4.62. The predicted molar refractivity (Wildman–Crippen MR) is 145 cm³/mol. The molecule has 0 radical (unpaired) electrons. The lowest BCUT2D eigenvalue weighted by atomic mass is 9.78. The Balaban J connectivity index is 1.54. The van der Waals surface area contributed by atoms with Crippen LogP contribution in [0.25, 0.3) is 0 Å². The standard InChI is InChI=1S/C30H32FN3O5/c1-32-28(19-9-5-6-10-22(19)31)27(20-17-25(38-3)26(39-4)18-21(20)29(32)35)30(36)34-15-13-33(14-16-34)23-11-7-8-12-24(23)37-2/h5-12,17-18,27-28H,13-16H2,1-4H3/t27-,28+/m0/s1. The number of fused-ring (bicyclic) bond motifs is 1. The summed E-state index contributed by atoms with van der Waals surface area (Å²) in [7, 11) is 6.25. The van der Waals surface area contributed by atoms with Gasteiger partial charge < -0.3 is 28.9 Å². The Hall–Kier alpha value is -4.27. The van der Waals surface area contributed by atoms with Crippen molar-refractivity contribution in [1.82, 2.24) is 9.80 Å². The number of hydrogen-bond donors (Lipinski definition) is 0. The SMILES string of the molecule is COc1cc2c(cc1OC)[C@H](C(=O)N1CCN(c3ccccc3OC)CC1)[C@@H](c1ccccc1F)N(C)C2=O. The number of para-hydroxylation sites is 2. The first-order chi connectivity index (χ1) is 18.9. The van der Waals surface area contributed by atoms with Crippen LogP contribution in [-0.2, 0) is 4.79 Å². The van der Waals surface area contributed by atoms with Crippen LogP contribution in [0.15, 0.2) is 60.7 Å². The molecule has 1 saturated heterocycles. The molecule has 9 heteroatoms. The number of methoxy groups -OCH3 is 3. The fraction of sp³-hybridized carbons (Fsp3) is 0.333. The van der Waals surface area contributed by atoms with E-state index in [4.69, 9.17) is 14.2 Å². The van der Waals surface area contributed by atoms with Crippen LogP contribution in [0.1, 0.15) is 33.4 Å². The second-order valence-corrected chi connectivity index (χ2v) is 9.64. The van der Waals surface area contributed by atoms with Crippen molar-refractivity contribution >= 4 is 17.5 Å². The number of halogens is 1. The third-order valence-electron chi connectivity index (χ3n) is 7.68. The van der Waals surface area contributed by atoms with Crippen molar-refractivity contribution < 1.29 is 28.2 Å². The monoisotopic (exact) mass is 533 g/mol. The van der Waals surface area contributed by atoms with E-state index in [0.717, 1.165) is 11.4 Å². The molecule has 2 amide bonds. The van der Waals surface area contributed by atoms with E-state index in [0.29, 0.717) is 54.4 Å². The van der Waals surface area contributed by atoms with Gasteiger partial charge in [-0.3, -0.25) is 9.59 Å². The van der Waals surface area contributed by atoms with Crippen molar-refractivity contribution in [3.05, 3.63) is 83.2 Å². The van der Waals surface area contributed by atoms with E-state index >= 15 is 4.39 Å². The van der Waals surface area contributed by atoms with Gasteiger partial charge in [0.25, 0.3) is 5.91 Å². The van der Waals surface area contributed by atoms with Crippen LogP contribution in [0.3, 0.4) is 0 Å². The van der Waals surface area contributed by atoms with Gasteiger partial charge in [0, 0.05) is 44.4 Å². The highest BCUT2D eigenvalue weighted by Gasteiger charge is 2.46. The highest BCUT2D eigenvalue weighted by Crippen LogP contribution is 2.47. The van der Waals surface area contributed by atoms with Crippen LogP contribution in [0, 0.1) is 5.82 Å². The first kappa shape index (κ1) is 26.3. The number of amides is 2. The van der Waals surface area contributed by atoms with E-state index < -0.39 is 17.8 Å². The molecule has 0 aromatic heterocycles. The first-order valence-electron chi connectivity index (χ1n) is 12.8. The van der Waals surface area contributed by atoms with Gasteiger partial charge in [-0.05, 0) is 35.9 Å². The highest BCUT2D eigenvalue weighted by molar-refractivity contribution is 6.02. The Labute approximate surface area is 227 Å². The highest BCUT2D eigenvalue weighted by atomic mass is 19.1. The summed E-state index contributed by atoms with van der Waals surface area (Å²) in [6, 6.07) is 16.6. The summed E-state index contributed by atoms with van der Waals surface area (Å²) in [6.07, 6.45) is 0. The summed E-state index contributed by atoms with van der Waals surface area (Å²) in [5.74, 6) is -0.222. The Morgan fingerprint density at radius 1 is 0.821 bits per heavy atom. The van der Waals surface area contributed by atoms with E-state index in [2.05, 4.69) is 4.90 Å². The van der Waals surface area contributed by atoms with Crippen molar-refractivity contribution in [2.24, 2.45) is 0 Å². The lowest BCUT2D eigenvalue weighted by molar-refractivity contribution is -0.134. The van der Waals surface area contributed by atoms with E-state index in [1.165, 1.54) is 25.2 Å². The lowest BCUT2D eigenvalue weighted by Gasteiger charge is -2.43. The van der Waals surface area contributed by atoms with Crippen LogP contribution in [0.4, 0.5) is 10.1 Å². The zero-order valence-corrected chi connectivity index (χ0v) is 22.5. The average molecular weight is 534 g/mol. The van der Waals surface area contributed by atoms with Crippen LogP contribution in [0.5, 0.6) is 17.2 Å². The van der Waals surface area contributed by atoms with Crippen molar-refractivity contribution in [2.75, 3.05) is 59.5 Å². The molecule has 8 nitrogen and oxygen atoms in total. The minimum atomic E-state index is -0.836.